The Balaban J connectivity index is 2.02. The Kier molecular flexibility index (Phi) is 4.92. The summed E-state index contributed by atoms with van der Waals surface area (Å²) in [5.41, 5.74) is 5.08. The van der Waals surface area contributed by atoms with Gasteiger partial charge < -0.3 is 0 Å². The summed E-state index contributed by atoms with van der Waals surface area (Å²) in [6.45, 7) is 0. The second kappa shape index (κ2) is 7.29. The highest BCUT2D eigenvalue weighted by molar-refractivity contribution is 6.18. The average Bonchev–Trinajstić information content (AvgIpc) is 2.59. The monoisotopic (exact) mass is 305 g/mol. The lowest BCUT2D eigenvalue weighted by Gasteiger charge is -2.19. The van der Waals surface area contributed by atoms with Crippen molar-refractivity contribution in [3.05, 3.63) is 114 Å². The first-order valence-corrected chi connectivity index (χ1v) is 8.01. The third-order valence-corrected chi connectivity index (χ3v) is 4.00. The Morgan fingerprint density at radius 2 is 1.09 bits per heavy atom. The Morgan fingerprint density at radius 3 is 1.55 bits per heavy atom. The van der Waals surface area contributed by atoms with E-state index in [0.29, 0.717) is 5.88 Å². The number of alkyl halides is 1. The van der Waals surface area contributed by atoms with Gasteiger partial charge in [0.15, 0.2) is 0 Å². The molecule has 1 heteroatoms. The fourth-order valence-electron chi connectivity index (χ4n) is 2.78. The van der Waals surface area contributed by atoms with Crippen molar-refractivity contribution in [2.45, 2.75) is 5.92 Å². The second-order valence-corrected chi connectivity index (χ2v) is 5.59. The quantitative estimate of drug-likeness (QED) is 0.421. The van der Waals surface area contributed by atoms with Crippen LogP contribution in [0, 0.1) is 6.42 Å². The first-order valence-electron chi connectivity index (χ1n) is 7.47. The van der Waals surface area contributed by atoms with Gasteiger partial charge in [-0.05, 0) is 22.3 Å². The minimum absolute atomic E-state index is 0.257. The number of hydrogen-bond acceptors (Lipinski definition) is 0. The fourth-order valence-corrected chi connectivity index (χ4v) is 2.96. The van der Waals surface area contributed by atoms with E-state index < -0.39 is 0 Å². The molecule has 22 heavy (non-hydrogen) atoms. The summed E-state index contributed by atoms with van der Waals surface area (Å²) in [4.78, 5) is 0. The van der Waals surface area contributed by atoms with E-state index in [1.54, 1.807) is 0 Å². The minimum atomic E-state index is 0.257. The molecule has 0 aliphatic heterocycles. The van der Waals surface area contributed by atoms with Crippen LogP contribution in [-0.2, 0) is 0 Å². The van der Waals surface area contributed by atoms with Crippen molar-refractivity contribution in [1.82, 2.24) is 0 Å². The van der Waals surface area contributed by atoms with Crippen LogP contribution in [0.15, 0.2) is 84.9 Å². The summed E-state index contributed by atoms with van der Waals surface area (Å²) >= 11 is 5.77. The van der Waals surface area contributed by atoms with Crippen LogP contribution in [0.2, 0.25) is 0 Å². The van der Waals surface area contributed by atoms with Crippen molar-refractivity contribution in [3.8, 4) is 0 Å². The topological polar surface area (TPSA) is 0 Å². The molecule has 0 amide bonds. The van der Waals surface area contributed by atoms with E-state index in [-0.39, 0.29) is 5.92 Å². The molecule has 109 valence electrons. The van der Waals surface area contributed by atoms with Crippen LogP contribution in [0.4, 0.5) is 0 Å². The van der Waals surface area contributed by atoms with Gasteiger partial charge in [0.05, 0.1) is 0 Å². The summed E-state index contributed by atoms with van der Waals surface area (Å²) in [5.74, 6) is 0.799. The maximum Gasteiger partial charge on any atom is 0.0339 e. The van der Waals surface area contributed by atoms with E-state index in [4.69, 9.17) is 11.6 Å². The van der Waals surface area contributed by atoms with Gasteiger partial charge in [0.1, 0.15) is 0 Å². The molecule has 0 saturated carbocycles. The highest BCUT2D eigenvalue weighted by Gasteiger charge is 2.15. The van der Waals surface area contributed by atoms with Crippen molar-refractivity contribution in [2.75, 3.05) is 5.88 Å². The Bertz CT molecular complexity index is 647. The molecule has 3 aromatic rings. The van der Waals surface area contributed by atoms with Crippen LogP contribution in [0.5, 0.6) is 0 Å². The number of hydrogen-bond donors (Lipinski definition) is 0. The lowest BCUT2D eigenvalue weighted by Crippen LogP contribution is -2.03. The smallest absolute Gasteiger partial charge is 0.0339 e. The first-order chi connectivity index (χ1) is 10.9. The molecular weight excluding hydrogens is 288 g/mol. The van der Waals surface area contributed by atoms with Gasteiger partial charge in [-0.3, -0.25) is 0 Å². The summed E-state index contributed by atoms with van der Waals surface area (Å²) in [6.07, 6.45) is 2.02. The van der Waals surface area contributed by atoms with E-state index in [1.165, 1.54) is 22.3 Å². The molecule has 0 spiro atoms. The van der Waals surface area contributed by atoms with Gasteiger partial charge in [0.25, 0.3) is 0 Å². The first kappa shape index (κ1) is 14.9. The Morgan fingerprint density at radius 1 is 0.636 bits per heavy atom. The summed E-state index contributed by atoms with van der Waals surface area (Å²) in [5, 5.41) is 0. The van der Waals surface area contributed by atoms with Gasteiger partial charge in [-0.15, -0.1) is 11.6 Å². The lowest BCUT2D eigenvalue weighted by molar-refractivity contribution is 0.976. The van der Waals surface area contributed by atoms with Gasteiger partial charge in [-0.1, -0.05) is 84.9 Å². The van der Waals surface area contributed by atoms with E-state index in [0.717, 1.165) is 0 Å². The Hall–Kier alpha value is -2.05. The third kappa shape index (κ3) is 3.40. The molecule has 1 radical (unpaired) electrons. The van der Waals surface area contributed by atoms with Gasteiger partial charge >= 0.3 is 0 Å². The molecule has 0 saturated heterocycles. The zero-order chi connectivity index (χ0) is 15.2. The summed E-state index contributed by atoms with van der Waals surface area (Å²) in [6, 6.07) is 29.9. The van der Waals surface area contributed by atoms with Crippen molar-refractivity contribution in [1.29, 1.82) is 0 Å². The highest BCUT2D eigenvalue weighted by atomic mass is 35.5. The molecule has 0 fully saturated rings. The van der Waals surface area contributed by atoms with Crippen LogP contribution in [0.1, 0.15) is 28.2 Å². The lowest BCUT2D eigenvalue weighted by atomic mass is 9.85. The van der Waals surface area contributed by atoms with Crippen molar-refractivity contribution >= 4 is 11.6 Å². The average molecular weight is 306 g/mol. The maximum absolute atomic E-state index is 5.77. The molecule has 0 N–H and O–H groups in total. The molecule has 0 atom stereocenters. The summed E-state index contributed by atoms with van der Waals surface area (Å²) < 4.78 is 0. The van der Waals surface area contributed by atoms with E-state index >= 15 is 0 Å². The molecule has 0 nitrogen and oxygen atoms in total. The SMILES string of the molecule is ClC[CH]c1ccc(C(c2ccccc2)c2ccccc2)cc1. The van der Waals surface area contributed by atoms with E-state index in [2.05, 4.69) is 84.9 Å². The fraction of sp³-hybridized carbons (Fsp3) is 0.0952. The molecule has 0 aliphatic carbocycles. The molecule has 0 heterocycles. The van der Waals surface area contributed by atoms with Gasteiger partial charge in [-0.25, -0.2) is 0 Å². The summed E-state index contributed by atoms with van der Waals surface area (Å²) in [7, 11) is 0. The predicted octanol–water partition coefficient (Wildman–Crippen LogP) is 5.66. The predicted molar refractivity (Wildman–Crippen MR) is 94.4 cm³/mol. The van der Waals surface area contributed by atoms with Crippen LogP contribution >= 0.6 is 11.6 Å². The molecule has 0 unspecified atom stereocenters. The van der Waals surface area contributed by atoms with Crippen molar-refractivity contribution in [2.24, 2.45) is 0 Å². The standard InChI is InChI=1S/C21H18Cl/c22-16-15-17-11-13-20(14-12-17)21(18-7-3-1-4-8-18)19-9-5-2-6-10-19/h1-15,21H,16H2. The van der Waals surface area contributed by atoms with Gasteiger partial charge in [0.2, 0.25) is 0 Å². The number of halogens is 1. The van der Waals surface area contributed by atoms with Crippen LogP contribution in [-0.4, -0.2) is 5.88 Å². The minimum Gasteiger partial charge on any atom is -0.126 e. The van der Waals surface area contributed by atoms with E-state index in [9.17, 15) is 0 Å². The van der Waals surface area contributed by atoms with Gasteiger partial charge in [-0.2, -0.15) is 0 Å². The number of benzene rings is 3. The van der Waals surface area contributed by atoms with Crippen LogP contribution < -0.4 is 0 Å². The van der Waals surface area contributed by atoms with Crippen molar-refractivity contribution < 1.29 is 0 Å². The zero-order valence-corrected chi connectivity index (χ0v) is 13.1. The normalized spacial score (nSPS) is 10.8. The van der Waals surface area contributed by atoms with Crippen LogP contribution in [0.25, 0.3) is 0 Å². The molecule has 0 bridgehead atoms. The second-order valence-electron chi connectivity index (χ2n) is 5.28. The van der Waals surface area contributed by atoms with Crippen molar-refractivity contribution in [3.63, 3.8) is 0 Å². The molecule has 3 aromatic carbocycles. The van der Waals surface area contributed by atoms with Crippen LogP contribution in [0.3, 0.4) is 0 Å². The zero-order valence-electron chi connectivity index (χ0n) is 12.3. The molecule has 0 aromatic heterocycles. The molecule has 3 rings (SSSR count). The largest absolute Gasteiger partial charge is 0.126 e. The number of rotatable bonds is 5. The van der Waals surface area contributed by atoms with Gasteiger partial charge in [0, 0.05) is 18.2 Å². The molecule has 0 aliphatic rings. The maximum atomic E-state index is 5.77. The molecular formula is C21H18Cl. The Labute approximate surface area is 137 Å². The van der Waals surface area contributed by atoms with E-state index in [1.807, 2.05) is 6.42 Å². The highest BCUT2D eigenvalue weighted by Crippen LogP contribution is 2.31. The third-order valence-electron chi connectivity index (χ3n) is 3.85.